The molecular formula is C17H15FN2O. The van der Waals surface area contributed by atoms with Gasteiger partial charge in [0.15, 0.2) is 11.6 Å². The molecule has 1 atom stereocenters. The Morgan fingerprint density at radius 3 is 2.71 bits per heavy atom. The lowest BCUT2D eigenvalue weighted by Crippen LogP contribution is -2.05. The summed E-state index contributed by atoms with van der Waals surface area (Å²) in [5.41, 5.74) is 7.34. The molecule has 21 heavy (non-hydrogen) atoms. The molecule has 0 unspecified atom stereocenters. The van der Waals surface area contributed by atoms with Crippen molar-refractivity contribution < 1.29 is 9.13 Å². The minimum absolute atomic E-state index is 0.163. The van der Waals surface area contributed by atoms with Crippen LogP contribution >= 0.6 is 0 Å². The standard InChI is InChI=1S/C17H15FN2O/c1-11(19)12-6-7-17(15(18)9-12)21-14-8-13-4-2-3-5-16(13)20-10-14/h2-11H,19H2,1H3/t11-/m0/s1. The molecule has 0 aliphatic carbocycles. The highest BCUT2D eigenvalue weighted by atomic mass is 19.1. The minimum Gasteiger partial charge on any atom is -0.453 e. The summed E-state index contributed by atoms with van der Waals surface area (Å²) in [5, 5.41) is 0.947. The lowest BCUT2D eigenvalue weighted by atomic mass is 10.1. The third-order valence-electron chi connectivity index (χ3n) is 3.27. The van der Waals surface area contributed by atoms with Gasteiger partial charge in [-0.15, -0.1) is 0 Å². The van der Waals surface area contributed by atoms with E-state index in [1.54, 1.807) is 18.3 Å². The molecule has 0 aliphatic rings. The zero-order valence-corrected chi connectivity index (χ0v) is 11.6. The van der Waals surface area contributed by atoms with Crippen LogP contribution in [0.5, 0.6) is 11.5 Å². The minimum atomic E-state index is -0.432. The Morgan fingerprint density at radius 1 is 1.14 bits per heavy atom. The van der Waals surface area contributed by atoms with Gasteiger partial charge in [-0.2, -0.15) is 0 Å². The van der Waals surface area contributed by atoms with Crippen molar-refractivity contribution in [2.24, 2.45) is 5.73 Å². The normalized spacial score (nSPS) is 12.3. The van der Waals surface area contributed by atoms with Crippen LogP contribution in [-0.4, -0.2) is 4.98 Å². The number of benzene rings is 2. The monoisotopic (exact) mass is 282 g/mol. The summed E-state index contributed by atoms with van der Waals surface area (Å²) in [4.78, 5) is 4.29. The largest absolute Gasteiger partial charge is 0.453 e. The van der Waals surface area contributed by atoms with E-state index < -0.39 is 5.82 Å². The molecule has 0 saturated heterocycles. The maximum Gasteiger partial charge on any atom is 0.166 e. The van der Waals surface area contributed by atoms with Crippen molar-refractivity contribution in [1.82, 2.24) is 4.98 Å². The van der Waals surface area contributed by atoms with Gasteiger partial charge >= 0.3 is 0 Å². The Hall–Kier alpha value is -2.46. The third-order valence-corrected chi connectivity index (χ3v) is 3.27. The third kappa shape index (κ3) is 2.85. The Kier molecular flexibility index (Phi) is 3.54. The van der Waals surface area contributed by atoms with Gasteiger partial charge in [0.05, 0.1) is 11.7 Å². The van der Waals surface area contributed by atoms with Crippen LogP contribution in [0.4, 0.5) is 4.39 Å². The first-order valence-electron chi connectivity index (χ1n) is 6.71. The molecule has 0 spiro atoms. The van der Waals surface area contributed by atoms with Gasteiger partial charge in [-0.05, 0) is 36.8 Å². The Balaban J connectivity index is 1.91. The van der Waals surface area contributed by atoms with Crippen LogP contribution in [-0.2, 0) is 0 Å². The molecule has 0 radical (unpaired) electrons. The van der Waals surface area contributed by atoms with Crippen molar-refractivity contribution in [3.05, 3.63) is 66.1 Å². The predicted octanol–water partition coefficient (Wildman–Crippen LogP) is 4.19. The topological polar surface area (TPSA) is 48.1 Å². The zero-order valence-electron chi connectivity index (χ0n) is 11.6. The van der Waals surface area contributed by atoms with Crippen LogP contribution in [0, 0.1) is 5.82 Å². The number of fused-ring (bicyclic) bond motifs is 1. The smallest absolute Gasteiger partial charge is 0.166 e. The quantitative estimate of drug-likeness (QED) is 0.783. The molecule has 0 fully saturated rings. The van der Waals surface area contributed by atoms with Gasteiger partial charge in [-0.25, -0.2) is 4.39 Å². The number of ether oxygens (including phenoxy) is 1. The van der Waals surface area contributed by atoms with Gasteiger partial charge in [0.1, 0.15) is 5.75 Å². The molecular weight excluding hydrogens is 267 g/mol. The Bertz CT molecular complexity index is 787. The molecule has 3 aromatic rings. The van der Waals surface area contributed by atoms with Crippen LogP contribution in [0.1, 0.15) is 18.5 Å². The van der Waals surface area contributed by atoms with Gasteiger partial charge in [-0.3, -0.25) is 4.98 Å². The number of pyridine rings is 1. The van der Waals surface area contributed by atoms with Gasteiger partial charge in [0.25, 0.3) is 0 Å². The zero-order chi connectivity index (χ0) is 14.8. The van der Waals surface area contributed by atoms with E-state index in [1.807, 2.05) is 37.3 Å². The number of halogens is 1. The lowest BCUT2D eigenvalue weighted by molar-refractivity contribution is 0.440. The van der Waals surface area contributed by atoms with E-state index in [9.17, 15) is 4.39 Å². The molecule has 0 aliphatic heterocycles. The Labute approximate surface area is 122 Å². The van der Waals surface area contributed by atoms with Crippen LogP contribution in [0.25, 0.3) is 10.9 Å². The van der Waals surface area contributed by atoms with E-state index in [2.05, 4.69) is 4.98 Å². The fourth-order valence-electron chi connectivity index (χ4n) is 2.12. The molecule has 3 rings (SSSR count). The number of hydrogen-bond acceptors (Lipinski definition) is 3. The number of hydrogen-bond donors (Lipinski definition) is 1. The molecule has 2 aromatic carbocycles. The first-order valence-corrected chi connectivity index (χ1v) is 6.71. The number of nitrogens with zero attached hydrogens (tertiary/aromatic N) is 1. The molecule has 106 valence electrons. The summed E-state index contributed by atoms with van der Waals surface area (Å²) < 4.78 is 19.6. The highest BCUT2D eigenvalue weighted by Crippen LogP contribution is 2.27. The van der Waals surface area contributed by atoms with Crippen LogP contribution < -0.4 is 10.5 Å². The second-order valence-corrected chi connectivity index (χ2v) is 4.94. The van der Waals surface area contributed by atoms with Gasteiger partial charge in [0, 0.05) is 11.4 Å². The summed E-state index contributed by atoms with van der Waals surface area (Å²) in [6, 6.07) is 14.1. The van der Waals surface area contributed by atoms with Gasteiger partial charge in [0.2, 0.25) is 0 Å². The summed E-state index contributed by atoms with van der Waals surface area (Å²) >= 11 is 0. The summed E-state index contributed by atoms with van der Waals surface area (Å²) in [6.45, 7) is 1.81. The number of aromatic nitrogens is 1. The van der Waals surface area contributed by atoms with E-state index in [0.29, 0.717) is 5.75 Å². The second kappa shape index (κ2) is 5.50. The fourth-order valence-corrected chi connectivity index (χ4v) is 2.12. The molecule has 0 saturated carbocycles. The molecule has 1 heterocycles. The van der Waals surface area contributed by atoms with E-state index in [-0.39, 0.29) is 11.8 Å². The molecule has 2 N–H and O–H groups in total. The number of rotatable bonds is 3. The molecule has 4 heteroatoms. The summed E-state index contributed by atoms with van der Waals surface area (Å²) in [7, 11) is 0. The molecule has 0 bridgehead atoms. The average Bonchev–Trinajstić information content (AvgIpc) is 2.49. The van der Waals surface area contributed by atoms with E-state index >= 15 is 0 Å². The van der Waals surface area contributed by atoms with Crippen molar-refractivity contribution in [3.63, 3.8) is 0 Å². The van der Waals surface area contributed by atoms with Gasteiger partial charge in [-0.1, -0.05) is 24.3 Å². The second-order valence-electron chi connectivity index (χ2n) is 4.94. The van der Waals surface area contributed by atoms with Crippen molar-refractivity contribution in [2.75, 3.05) is 0 Å². The van der Waals surface area contributed by atoms with Crippen LogP contribution in [0.2, 0.25) is 0 Å². The summed E-state index contributed by atoms with van der Waals surface area (Å²) in [5.74, 6) is 0.232. The number of para-hydroxylation sites is 1. The van der Waals surface area contributed by atoms with Crippen molar-refractivity contribution in [3.8, 4) is 11.5 Å². The van der Waals surface area contributed by atoms with Crippen LogP contribution in [0.15, 0.2) is 54.7 Å². The highest BCUT2D eigenvalue weighted by molar-refractivity contribution is 5.79. The predicted molar refractivity (Wildman–Crippen MR) is 80.8 cm³/mol. The first kappa shape index (κ1) is 13.5. The van der Waals surface area contributed by atoms with E-state index in [4.69, 9.17) is 10.5 Å². The maximum absolute atomic E-state index is 14.0. The highest BCUT2D eigenvalue weighted by Gasteiger charge is 2.09. The van der Waals surface area contributed by atoms with Crippen molar-refractivity contribution in [1.29, 1.82) is 0 Å². The van der Waals surface area contributed by atoms with Crippen LogP contribution in [0.3, 0.4) is 0 Å². The number of nitrogens with two attached hydrogens (primary N) is 1. The first-order chi connectivity index (χ1) is 10.1. The SMILES string of the molecule is C[C@H](N)c1ccc(Oc2cnc3ccccc3c2)c(F)c1. The van der Waals surface area contributed by atoms with Crippen molar-refractivity contribution in [2.45, 2.75) is 13.0 Å². The lowest BCUT2D eigenvalue weighted by Gasteiger charge is -2.10. The fraction of sp³-hybridized carbons (Fsp3) is 0.118. The Morgan fingerprint density at radius 2 is 1.95 bits per heavy atom. The molecule has 3 nitrogen and oxygen atoms in total. The van der Waals surface area contributed by atoms with E-state index in [1.165, 1.54) is 6.07 Å². The average molecular weight is 282 g/mol. The summed E-state index contributed by atoms with van der Waals surface area (Å²) in [6.07, 6.45) is 1.58. The maximum atomic E-state index is 14.0. The molecule has 0 amide bonds. The van der Waals surface area contributed by atoms with Gasteiger partial charge < -0.3 is 10.5 Å². The van der Waals surface area contributed by atoms with E-state index in [0.717, 1.165) is 16.5 Å². The molecule has 1 aromatic heterocycles. The van der Waals surface area contributed by atoms with Crippen molar-refractivity contribution >= 4 is 10.9 Å².